The predicted octanol–water partition coefficient (Wildman–Crippen LogP) is 4.51. The zero-order valence-corrected chi connectivity index (χ0v) is 14.4. The number of hydrogen-bond acceptors (Lipinski definition) is 3. The Morgan fingerprint density at radius 1 is 1.04 bits per heavy atom. The highest BCUT2D eigenvalue weighted by atomic mass is 19.1. The lowest BCUT2D eigenvalue weighted by atomic mass is 10.1. The van der Waals surface area contributed by atoms with Crippen molar-refractivity contribution in [2.24, 2.45) is 0 Å². The van der Waals surface area contributed by atoms with Crippen LogP contribution in [0, 0.1) is 5.82 Å². The Kier molecular flexibility index (Phi) is 9.58. The fraction of sp³-hybridized carbons (Fsp3) is 0.526. The van der Waals surface area contributed by atoms with Crippen molar-refractivity contribution in [1.29, 1.82) is 0 Å². The summed E-state index contributed by atoms with van der Waals surface area (Å²) in [7, 11) is 0. The lowest BCUT2D eigenvalue weighted by molar-refractivity contribution is -0.116. The smallest absolute Gasteiger partial charge is 0.244 e. The zero-order valence-electron chi connectivity index (χ0n) is 14.4. The average molecular weight is 337 g/mol. The summed E-state index contributed by atoms with van der Waals surface area (Å²) in [5.74, 6) is -1.94. The highest BCUT2D eigenvalue weighted by Crippen LogP contribution is 2.28. The van der Waals surface area contributed by atoms with Gasteiger partial charge in [0.05, 0.1) is 0 Å². The van der Waals surface area contributed by atoms with E-state index in [-0.39, 0.29) is 11.5 Å². The van der Waals surface area contributed by atoms with Crippen LogP contribution in [0.5, 0.6) is 11.5 Å². The standard InChI is InChI=1S/C19H28FNO3/c1-2-3-4-5-6-7-8-9-12-21-19(24)11-10-15-13-17(22)18(23)14-16(15)20/h10-11,13-14,22-23H,2-9,12H2,1H3,(H,21,24). The third-order valence-corrected chi connectivity index (χ3v) is 3.84. The molecule has 1 aromatic rings. The number of benzene rings is 1. The Balaban J connectivity index is 2.19. The molecule has 1 rings (SSSR count). The van der Waals surface area contributed by atoms with E-state index in [0.717, 1.165) is 25.0 Å². The van der Waals surface area contributed by atoms with Crippen LogP contribution in [0.3, 0.4) is 0 Å². The Morgan fingerprint density at radius 3 is 2.29 bits per heavy atom. The first-order valence-electron chi connectivity index (χ1n) is 8.72. The molecule has 24 heavy (non-hydrogen) atoms. The molecule has 0 radical (unpaired) electrons. The maximum Gasteiger partial charge on any atom is 0.244 e. The maximum absolute atomic E-state index is 13.5. The minimum atomic E-state index is -0.697. The molecule has 0 saturated carbocycles. The first-order chi connectivity index (χ1) is 11.5. The molecule has 0 fully saturated rings. The number of phenolic OH excluding ortho intramolecular Hbond substituents is 2. The number of halogens is 1. The van der Waals surface area contributed by atoms with Gasteiger partial charge in [-0.1, -0.05) is 51.9 Å². The summed E-state index contributed by atoms with van der Waals surface area (Å²) in [4.78, 5) is 11.7. The Labute approximate surface area is 143 Å². The fourth-order valence-corrected chi connectivity index (χ4v) is 2.39. The highest BCUT2D eigenvalue weighted by molar-refractivity contribution is 5.91. The normalized spacial score (nSPS) is 11.1. The van der Waals surface area contributed by atoms with Crippen molar-refractivity contribution in [3.8, 4) is 11.5 Å². The minimum absolute atomic E-state index is 0.0486. The number of rotatable bonds is 11. The number of carbonyl (C=O) groups excluding carboxylic acids is 1. The predicted molar refractivity (Wildman–Crippen MR) is 94.4 cm³/mol. The molecule has 5 heteroatoms. The molecule has 0 heterocycles. The van der Waals surface area contributed by atoms with Crippen LogP contribution < -0.4 is 5.32 Å². The second-order valence-corrected chi connectivity index (χ2v) is 5.96. The number of amides is 1. The van der Waals surface area contributed by atoms with E-state index < -0.39 is 17.3 Å². The molecule has 0 bridgehead atoms. The number of hydrogen-bond donors (Lipinski definition) is 3. The summed E-state index contributed by atoms with van der Waals surface area (Å²) < 4.78 is 13.5. The van der Waals surface area contributed by atoms with Crippen molar-refractivity contribution in [3.63, 3.8) is 0 Å². The largest absolute Gasteiger partial charge is 0.504 e. The monoisotopic (exact) mass is 337 g/mol. The lowest BCUT2D eigenvalue weighted by Gasteiger charge is -2.03. The molecule has 4 nitrogen and oxygen atoms in total. The van der Waals surface area contributed by atoms with E-state index in [1.807, 2.05) is 0 Å². The molecule has 1 aromatic carbocycles. The summed E-state index contributed by atoms with van der Waals surface area (Å²) in [5, 5.41) is 21.2. The topological polar surface area (TPSA) is 69.6 Å². The second-order valence-electron chi connectivity index (χ2n) is 5.96. The van der Waals surface area contributed by atoms with Gasteiger partial charge in [0.25, 0.3) is 0 Å². The first-order valence-corrected chi connectivity index (χ1v) is 8.72. The van der Waals surface area contributed by atoms with Crippen molar-refractivity contribution in [2.75, 3.05) is 6.54 Å². The number of carbonyl (C=O) groups is 1. The van der Waals surface area contributed by atoms with Gasteiger partial charge < -0.3 is 15.5 Å². The van der Waals surface area contributed by atoms with E-state index >= 15 is 0 Å². The van der Waals surface area contributed by atoms with Gasteiger partial charge in [0.15, 0.2) is 11.5 Å². The van der Waals surface area contributed by atoms with E-state index in [2.05, 4.69) is 12.2 Å². The number of nitrogens with one attached hydrogen (secondary N) is 1. The Bertz CT molecular complexity index is 544. The minimum Gasteiger partial charge on any atom is -0.504 e. The molecule has 0 unspecified atom stereocenters. The third kappa shape index (κ3) is 7.99. The molecular formula is C19H28FNO3. The molecule has 3 N–H and O–H groups in total. The number of aromatic hydroxyl groups is 2. The van der Waals surface area contributed by atoms with Gasteiger partial charge >= 0.3 is 0 Å². The quantitative estimate of drug-likeness (QED) is 0.316. The van der Waals surface area contributed by atoms with Crippen molar-refractivity contribution < 1.29 is 19.4 Å². The van der Waals surface area contributed by atoms with Crippen LogP contribution in [0.1, 0.15) is 63.9 Å². The molecule has 0 aromatic heterocycles. The molecule has 0 saturated heterocycles. The number of phenols is 2. The van der Waals surface area contributed by atoms with Gasteiger partial charge in [-0.2, -0.15) is 0 Å². The van der Waals surface area contributed by atoms with Crippen molar-refractivity contribution >= 4 is 12.0 Å². The van der Waals surface area contributed by atoms with E-state index in [1.54, 1.807) is 0 Å². The molecular weight excluding hydrogens is 309 g/mol. The van der Waals surface area contributed by atoms with Gasteiger partial charge in [0, 0.05) is 24.3 Å². The number of unbranched alkanes of at least 4 members (excludes halogenated alkanes) is 7. The van der Waals surface area contributed by atoms with E-state index in [1.165, 1.54) is 50.7 Å². The van der Waals surface area contributed by atoms with Gasteiger partial charge in [-0.05, 0) is 18.6 Å². The van der Waals surface area contributed by atoms with Crippen LogP contribution in [0.15, 0.2) is 18.2 Å². The summed E-state index contributed by atoms with van der Waals surface area (Å²) in [6.07, 6.45) is 12.1. The SMILES string of the molecule is CCCCCCCCCCNC(=O)C=Cc1cc(O)c(O)cc1F. The van der Waals surface area contributed by atoms with Crippen LogP contribution in [0.25, 0.3) is 6.08 Å². The Morgan fingerprint density at radius 2 is 1.62 bits per heavy atom. The van der Waals surface area contributed by atoms with Gasteiger partial charge in [0.2, 0.25) is 5.91 Å². The zero-order chi connectivity index (χ0) is 17.8. The van der Waals surface area contributed by atoms with Crippen LogP contribution in [-0.2, 0) is 4.79 Å². The second kappa shape index (κ2) is 11.5. The molecule has 0 aliphatic rings. The maximum atomic E-state index is 13.5. The molecule has 0 spiro atoms. The van der Waals surface area contributed by atoms with Crippen LogP contribution in [0.2, 0.25) is 0 Å². The van der Waals surface area contributed by atoms with Crippen molar-refractivity contribution in [3.05, 3.63) is 29.6 Å². The molecule has 0 aliphatic heterocycles. The van der Waals surface area contributed by atoms with Gasteiger partial charge in [-0.25, -0.2) is 4.39 Å². The molecule has 134 valence electrons. The Hall–Kier alpha value is -2.04. The van der Waals surface area contributed by atoms with Crippen LogP contribution >= 0.6 is 0 Å². The lowest BCUT2D eigenvalue weighted by Crippen LogP contribution is -2.21. The summed E-state index contributed by atoms with van der Waals surface area (Å²) in [6.45, 7) is 2.80. The van der Waals surface area contributed by atoms with Gasteiger partial charge in [0.1, 0.15) is 5.82 Å². The van der Waals surface area contributed by atoms with Gasteiger partial charge in [-0.3, -0.25) is 4.79 Å². The summed E-state index contributed by atoms with van der Waals surface area (Å²) in [5.41, 5.74) is 0.0486. The van der Waals surface area contributed by atoms with Crippen molar-refractivity contribution in [1.82, 2.24) is 5.32 Å². The molecule has 1 amide bonds. The van der Waals surface area contributed by atoms with Crippen LogP contribution in [-0.4, -0.2) is 22.7 Å². The summed E-state index contributed by atoms with van der Waals surface area (Å²) in [6, 6.07) is 1.89. The molecule has 0 atom stereocenters. The van der Waals surface area contributed by atoms with Crippen molar-refractivity contribution in [2.45, 2.75) is 58.3 Å². The van der Waals surface area contributed by atoms with E-state index in [4.69, 9.17) is 5.11 Å². The summed E-state index contributed by atoms with van der Waals surface area (Å²) >= 11 is 0. The van der Waals surface area contributed by atoms with Gasteiger partial charge in [-0.15, -0.1) is 0 Å². The molecule has 0 aliphatic carbocycles. The van der Waals surface area contributed by atoms with Crippen LogP contribution in [0.4, 0.5) is 4.39 Å². The highest BCUT2D eigenvalue weighted by Gasteiger charge is 2.06. The average Bonchev–Trinajstić information content (AvgIpc) is 2.55. The van der Waals surface area contributed by atoms with E-state index in [0.29, 0.717) is 6.54 Å². The first kappa shape index (κ1) is 20.0. The third-order valence-electron chi connectivity index (χ3n) is 3.84. The van der Waals surface area contributed by atoms with E-state index in [9.17, 15) is 14.3 Å². The fourth-order valence-electron chi connectivity index (χ4n) is 2.39.